The first-order chi connectivity index (χ1) is 8.58. The Kier molecular flexibility index (Phi) is 6.41. The van der Waals surface area contributed by atoms with Gasteiger partial charge in [0.1, 0.15) is 0 Å². The normalized spacial score (nSPS) is 15.0. The van der Waals surface area contributed by atoms with Crippen molar-refractivity contribution in [3.8, 4) is 0 Å². The molecule has 1 aromatic rings. The molecule has 1 rings (SSSR count). The van der Waals surface area contributed by atoms with Gasteiger partial charge in [-0.25, -0.2) is 0 Å². The van der Waals surface area contributed by atoms with Crippen molar-refractivity contribution >= 4 is 0 Å². The number of nitrogens with zero attached hydrogens (tertiary/aromatic N) is 2. The summed E-state index contributed by atoms with van der Waals surface area (Å²) in [4.78, 5) is 0. The Hall–Kier alpha value is -0.830. The van der Waals surface area contributed by atoms with Crippen molar-refractivity contribution in [1.29, 1.82) is 0 Å². The van der Waals surface area contributed by atoms with Crippen LogP contribution in [-0.4, -0.2) is 22.9 Å². The summed E-state index contributed by atoms with van der Waals surface area (Å²) in [5.41, 5.74) is 1.23. The molecule has 1 aromatic heterocycles. The van der Waals surface area contributed by atoms with Gasteiger partial charge in [-0.3, -0.25) is 4.68 Å². The third kappa shape index (κ3) is 4.45. The third-order valence-electron chi connectivity index (χ3n) is 3.83. The lowest BCUT2D eigenvalue weighted by molar-refractivity contribution is 0.392. The fourth-order valence-corrected chi connectivity index (χ4v) is 2.26. The van der Waals surface area contributed by atoms with Gasteiger partial charge in [0.2, 0.25) is 0 Å². The molecule has 0 saturated carbocycles. The maximum absolute atomic E-state index is 4.64. The van der Waals surface area contributed by atoms with Gasteiger partial charge in [-0.2, -0.15) is 5.10 Å². The van der Waals surface area contributed by atoms with Crippen LogP contribution < -0.4 is 5.32 Å². The molecule has 0 saturated heterocycles. The van der Waals surface area contributed by atoms with Crippen molar-refractivity contribution in [2.75, 3.05) is 7.05 Å². The summed E-state index contributed by atoms with van der Waals surface area (Å²) in [6, 6.07) is 3.30. The van der Waals surface area contributed by atoms with E-state index in [4.69, 9.17) is 0 Å². The summed E-state index contributed by atoms with van der Waals surface area (Å²) in [5.74, 6) is 0.702. The molecule has 3 heteroatoms. The maximum Gasteiger partial charge on any atom is 0.0624 e. The van der Waals surface area contributed by atoms with Crippen LogP contribution >= 0.6 is 0 Å². The molecule has 1 N–H and O–H groups in total. The van der Waals surface area contributed by atoms with Gasteiger partial charge in [0.15, 0.2) is 0 Å². The number of hydrogen-bond acceptors (Lipinski definition) is 2. The van der Waals surface area contributed by atoms with Crippen molar-refractivity contribution < 1.29 is 0 Å². The SMILES string of the molecule is CCC(C)n1ccc(CCCC(NC)C(C)C)n1. The van der Waals surface area contributed by atoms with Gasteiger partial charge in [-0.15, -0.1) is 0 Å². The molecule has 3 nitrogen and oxygen atoms in total. The van der Waals surface area contributed by atoms with Crippen LogP contribution in [0.5, 0.6) is 0 Å². The molecule has 1 heterocycles. The van der Waals surface area contributed by atoms with E-state index in [0.717, 1.165) is 12.8 Å². The minimum Gasteiger partial charge on any atom is -0.317 e. The molecule has 0 bridgehead atoms. The highest BCUT2D eigenvalue weighted by Gasteiger charge is 2.11. The lowest BCUT2D eigenvalue weighted by Gasteiger charge is -2.19. The highest BCUT2D eigenvalue weighted by molar-refractivity contribution is 4.99. The molecule has 0 spiro atoms. The Bertz CT molecular complexity index is 330. The maximum atomic E-state index is 4.64. The Balaban J connectivity index is 2.37. The summed E-state index contributed by atoms with van der Waals surface area (Å²) in [5, 5.41) is 8.04. The largest absolute Gasteiger partial charge is 0.317 e. The molecule has 2 unspecified atom stereocenters. The zero-order chi connectivity index (χ0) is 13.5. The van der Waals surface area contributed by atoms with Crippen LogP contribution in [0, 0.1) is 5.92 Å². The van der Waals surface area contributed by atoms with Crippen LogP contribution in [0.4, 0.5) is 0 Å². The summed E-state index contributed by atoms with van der Waals surface area (Å²) in [6.45, 7) is 8.97. The molecule has 0 radical (unpaired) electrons. The molecule has 2 atom stereocenters. The first kappa shape index (κ1) is 15.2. The van der Waals surface area contributed by atoms with E-state index in [1.54, 1.807) is 0 Å². The Morgan fingerprint density at radius 3 is 2.61 bits per heavy atom. The van der Waals surface area contributed by atoms with Gasteiger partial charge in [0.05, 0.1) is 5.69 Å². The van der Waals surface area contributed by atoms with Crippen molar-refractivity contribution in [3.05, 3.63) is 18.0 Å². The van der Waals surface area contributed by atoms with E-state index < -0.39 is 0 Å². The van der Waals surface area contributed by atoms with Crippen molar-refractivity contribution in [3.63, 3.8) is 0 Å². The monoisotopic (exact) mass is 251 g/mol. The van der Waals surface area contributed by atoms with Crippen LogP contribution in [0.1, 0.15) is 58.7 Å². The average molecular weight is 251 g/mol. The first-order valence-electron chi connectivity index (χ1n) is 7.29. The molecular formula is C15H29N3. The van der Waals surface area contributed by atoms with Crippen LogP contribution in [0.2, 0.25) is 0 Å². The molecule has 0 aliphatic carbocycles. The topological polar surface area (TPSA) is 29.9 Å². The molecule has 0 aliphatic heterocycles. The molecule has 0 aliphatic rings. The predicted molar refractivity (Wildman–Crippen MR) is 77.9 cm³/mol. The van der Waals surface area contributed by atoms with Crippen LogP contribution in [0.25, 0.3) is 0 Å². The second-order valence-corrected chi connectivity index (χ2v) is 5.58. The van der Waals surface area contributed by atoms with E-state index in [-0.39, 0.29) is 0 Å². The Labute approximate surface area is 112 Å². The minimum absolute atomic E-state index is 0.513. The number of aryl methyl sites for hydroxylation is 1. The van der Waals surface area contributed by atoms with E-state index in [9.17, 15) is 0 Å². The standard InChI is InChI=1S/C15H29N3/c1-6-13(4)18-11-10-14(17-18)8-7-9-15(16-5)12(2)3/h10-13,15-16H,6-9H2,1-5H3. The quantitative estimate of drug-likeness (QED) is 0.767. The molecule has 0 fully saturated rings. The lowest BCUT2D eigenvalue weighted by Crippen LogP contribution is -2.30. The number of nitrogens with one attached hydrogen (secondary N) is 1. The highest BCUT2D eigenvalue weighted by Crippen LogP contribution is 2.13. The van der Waals surface area contributed by atoms with Crippen LogP contribution in [0.3, 0.4) is 0 Å². The highest BCUT2D eigenvalue weighted by atomic mass is 15.3. The summed E-state index contributed by atoms with van der Waals surface area (Å²) < 4.78 is 2.09. The molecule has 104 valence electrons. The Morgan fingerprint density at radius 1 is 1.33 bits per heavy atom. The number of aromatic nitrogens is 2. The fourth-order valence-electron chi connectivity index (χ4n) is 2.26. The predicted octanol–water partition coefficient (Wildman–Crippen LogP) is 3.42. The smallest absolute Gasteiger partial charge is 0.0624 e. The van der Waals surface area contributed by atoms with E-state index in [1.165, 1.54) is 18.5 Å². The van der Waals surface area contributed by atoms with Crippen molar-refractivity contribution in [2.24, 2.45) is 5.92 Å². The second-order valence-electron chi connectivity index (χ2n) is 5.58. The third-order valence-corrected chi connectivity index (χ3v) is 3.83. The zero-order valence-electron chi connectivity index (χ0n) is 12.6. The molecule has 0 amide bonds. The first-order valence-corrected chi connectivity index (χ1v) is 7.29. The average Bonchev–Trinajstić information content (AvgIpc) is 2.82. The minimum atomic E-state index is 0.513. The second kappa shape index (κ2) is 7.57. The molecule has 18 heavy (non-hydrogen) atoms. The van der Waals surface area contributed by atoms with Gasteiger partial charge >= 0.3 is 0 Å². The molecular weight excluding hydrogens is 222 g/mol. The zero-order valence-corrected chi connectivity index (χ0v) is 12.6. The Morgan fingerprint density at radius 2 is 2.06 bits per heavy atom. The fraction of sp³-hybridized carbons (Fsp3) is 0.800. The van der Waals surface area contributed by atoms with E-state index in [0.29, 0.717) is 18.0 Å². The van der Waals surface area contributed by atoms with Gasteiger partial charge in [-0.05, 0) is 51.6 Å². The van der Waals surface area contributed by atoms with Crippen LogP contribution in [0.15, 0.2) is 12.3 Å². The van der Waals surface area contributed by atoms with Crippen molar-refractivity contribution in [1.82, 2.24) is 15.1 Å². The van der Waals surface area contributed by atoms with Gasteiger partial charge in [0.25, 0.3) is 0 Å². The van der Waals surface area contributed by atoms with E-state index in [2.05, 4.69) is 62.1 Å². The van der Waals surface area contributed by atoms with Gasteiger partial charge in [-0.1, -0.05) is 20.8 Å². The van der Waals surface area contributed by atoms with Gasteiger partial charge < -0.3 is 5.32 Å². The summed E-state index contributed by atoms with van der Waals surface area (Å²) >= 11 is 0. The number of rotatable bonds is 8. The number of hydrogen-bond donors (Lipinski definition) is 1. The van der Waals surface area contributed by atoms with Crippen molar-refractivity contribution in [2.45, 2.75) is 65.5 Å². The van der Waals surface area contributed by atoms with E-state index in [1.807, 2.05) is 0 Å². The van der Waals surface area contributed by atoms with Crippen LogP contribution in [-0.2, 0) is 6.42 Å². The lowest BCUT2D eigenvalue weighted by atomic mass is 9.98. The summed E-state index contributed by atoms with van der Waals surface area (Å²) in [6.07, 6.45) is 6.78. The van der Waals surface area contributed by atoms with Gasteiger partial charge in [0, 0.05) is 18.3 Å². The van der Waals surface area contributed by atoms with E-state index >= 15 is 0 Å². The summed E-state index contributed by atoms with van der Waals surface area (Å²) in [7, 11) is 2.06. The molecule has 0 aromatic carbocycles.